The molecule has 0 saturated heterocycles. The van der Waals surface area contributed by atoms with E-state index in [1.54, 1.807) is 24.3 Å². The Bertz CT molecular complexity index is 586. The molecule has 0 unspecified atom stereocenters. The van der Waals surface area contributed by atoms with Gasteiger partial charge in [-0.1, -0.05) is 60.4 Å². The molecule has 0 aromatic heterocycles. The van der Waals surface area contributed by atoms with Crippen molar-refractivity contribution in [3.05, 3.63) is 83.7 Å². The number of rotatable bonds is 2. The third-order valence-electron chi connectivity index (χ3n) is 2.48. The van der Waals surface area contributed by atoms with Crippen molar-refractivity contribution in [2.45, 2.75) is 6.42 Å². The van der Waals surface area contributed by atoms with E-state index in [0.29, 0.717) is 5.56 Å². The zero-order valence-corrected chi connectivity index (χ0v) is 9.94. The van der Waals surface area contributed by atoms with Crippen LogP contribution in [0, 0.1) is 17.7 Å². The molecule has 18 heavy (non-hydrogen) atoms. The maximum atomic E-state index is 13.2. The van der Waals surface area contributed by atoms with E-state index >= 15 is 0 Å². The third kappa shape index (κ3) is 3.61. The van der Waals surface area contributed by atoms with Crippen LogP contribution in [0.4, 0.5) is 4.39 Å². The fraction of sp³-hybridized carbons (Fsp3) is 0.0588. The maximum absolute atomic E-state index is 13.2. The second-order valence-corrected chi connectivity index (χ2v) is 3.84. The second-order valence-electron chi connectivity index (χ2n) is 3.84. The average molecular weight is 236 g/mol. The van der Waals surface area contributed by atoms with E-state index in [-0.39, 0.29) is 5.82 Å². The normalized spacial score (nSPS) is 10.1. The molecule has 0 radical (unpaired) electrons. The number of hydrogen-bond donors (Lipinski definition) is 0. The number of benzene rings is 2. The van der Waals surface area contributed by atoms with Gasteiger partial charge in [-0.2, -0.15) is 0 Å². The number of halogens is 1. The second kappa shape index (κ2) is 6.42. The van der Waals surface area contributed by atoms with E-state index in [2.05, 4.69) is 24.0 Å². The van der Waals surface area contributed by atoms with Gasteiger partial charge in [0.2, 0.25) is 0 Å². The van der Waals surface area contributed by atoms with Crippen molar-refractivity contribution in [2.24, 2.45) is 0 Å². The Morgan fingerprint density at radius 2 is 1.67 bits per heavy atom. The monoisotopic (exact) mass is 236 g/mol. The van der Waals surface area contributed by atoms with E-state index in [9.17, 15) is 4.39 Å². The minimum absolute atomic E-state index is 0.276. The Hall–Kier alpha value is -2.33. The molecule has 88 valence electrons. The van der Waals surface area contributed by atoms with Crippen LogP contribution in [-0.2, 0) is 6.42 Å². The molecule has 0 aliphatic heterocycles. The highest BCUT2D eigenvalue weighted by Crippen LogP contribution is 2.03. The van der Waals surface area contributed by atoms with Crippen LogP contribution < -0.4 is 0 Å². The molecule has 0 saturated carbocycles. The molecule has 0 bridgehead atoms. The van der Waals surface area contributed by atoms with Gasteiger partial charge in [0.05, 0.1) is 5.56 Å². The highest BCUT2D eigenvalue weighted by atomic mass is 19.1. The van der Waals surface area contributed by atoms with Gasteiger partial charge < -0.3 is 0 Å². The molecular weight excluding hydrogens is 223 g/mol. The number of hydrogen-bond acceptors (Lipinski definition) is 0. The Labute approximate surface area is 107 Å². The molecule has 2 rings (SSSR count). The predicted molar refractivity (Wildman–Crippen MR) is 72.6 cm³/mol. The topological polar surface area (TPSA) is 0 Å². The molecule has 0 fully saturated rings. The van der Waals surface area contributed by atoms with Crippen molar-refractivity contribution < 1.29 is 4.39 Å². The highest BCUT2D eigenvalue weighted by molar-refractivity contribution is 5.37. The van der Waals surface area contributed by atoms with E-state index in [1.165, 1.54) is 11.6 Å². The lowest BCUT2D eigenvalue weighted by molar-refractivity contribution is 0.624. The van der Waals surface area contributed by atoms with Crippen LogP contribution >= 0.6 is 0 Å². The van der Waals surface area contributed by atoms with Gasteiger partial charge in [0.15, 0.2) is 0 Å². The summed E-state index contributed by atoms with van der Waals surface area (Å²) < 4.78 is 13.2. The molecule has 0 spiro atoms. The van der Waals surface area contributed by atoms with Crippen LogP contribution in [0.3, 0.4) is 0 Å². The molecule has 2 aromatic carbocycles. The summed E-state index contributed by atoms with van der Waals surface area (Å²) in [6.07, 6.45) is 4.58. The highest BCUT2D eigenvalue weighted by Gasteiger charge is 1.93. The molecule has 2 aromatic rings. The molecule has 0 heterocycles. The van der Waals surface area contributed by atoms with Crippen molar-refractivity contribution in [2.75, 3.05) is 0 Å². The molecule has 0 atom stereocenters. The van der Waals surface area contributed by atoms with Gasteiger partial charge in [-0.25, -0.2) is 4.39 Å². The Kier molecular flexibility index (Phi) is 4.33. The summed E-state index contributed by atoms with van der Waals surface area (Å²) in [5.41, 5.74) is 1.67. The van der Waals surface area contributed by atoms with Crippen molar-refractivity contribution >= 4 is 0 Å². The molecular formula is C17H13F. The van der Waals surface area contributed by atoms with Crippen LogP contribution in [0.25, 0.3) is 0 Å². The first-order valence-corrected chi connectivity index (χ1v) is 5.81. The summed E-state index contributed by atoms with van der Waals surface area (Å²) in [5.74, 6) is 5.35. The van der Waals surface area contributed by atoms with Gasteiger partial charge in [0.1, 0.15) is 5.82 Å². The number of allylic oxidation sites excluding steroid dienone is 2. The average Bonchev–Trinajstić information content (AvgIpc) is 2.42. The van der Waals surface area contributed by atoms with Crippen LogP contribution in [0.1, 0.15) is 11.1 Å². The lowest BCUT2D eigenvalue weighted by Crippen LogP contribution is -1.80. The van der Waals surface area contributed by atoms with Crippen molar-refractivity contribution in [1.82, 2.24) is 0 Å². The predicted octanol–water partition coefficient (Wildman–Crippen LogP) is 3.98. The van der Waals surface area contributed by atoms with Crippen molar-refractivity contribution in [1.29, 1.82) is 0 Å². The Morgan fingerprint density at radius 3 is 2.44 bits per heavy atom. The standard InChI is InChI=1S/C17H13F/c18-17-14-8-7-13-16(17)12-6-2-5-11-15-9-3-1-4-10-15/h1-5,7-10,13-14H,11H2/b5-2-. The Balaban J connectivity index is 1.95. The SMILES string of the molecule is Fc1ccccc1C#C/C=C\Cc1ccccc1. The summed E-state index contributed by atoms with van der Waals surface area (Å²) in [5, 5.41) is 0. The largest absolute Gasteiger partial charge is 0.206 e. The van der Waals surface area contributed by atoms with Crippen molar-refractivity contribution in [3.63, 3.8) is 0 Å². The van der Waals surface area contributed by atoms with Crippen LogP contribution in [0.15, 0.2) is 66.7 Å². The zero-order chi connectivity index (χ0) is 12.6. The van der Waals surface area contributed by atoms with E-state index in [1.807, 2.05) is 24.3 Å². The summed E-state index contributed by atoms with van der Waals surface area (Å²) >= 11 is 0. The minimum atomic E-state index is -0.276. The molecule has 1 heteroatoms. The zero-order valence-electron chi connectivity index (χ0n) is 9.94. The van der Waals surface area contributed by atoms with Crippen LogP contribution in [0.5, 0.6) is 0 Å². The summed E-state index contributed by atoms with van der Waals surface area (Å²) in [6, 6.07) is 16.7. The van der Waals surface area contributed by atoms with Gasteiger partial charge >= 0.3 is 0 Å². The Morgan fingerprint density at radius 1 is 0.944 bits per heavy atom. The van der Waals surface area contributed by atoms with Gasteiger partial charge in [-0.3, -0.25) is 0 Å². The van der Waals surface area contributed by atoms with Crippen LogP contribution in [-0.4, -0.2) is 0 Å². The van der Waals surface area contributed by atoms with E-state index in [0.717, 1.165) is 6.42 Å². The smallest absolute Gasteiger partial charge is 0.138 e. The van der Waals surface area contributed by atoms with E-state index < -0.39 is 0 Å². The fourth-order valence-electron chi connectivity index (χ4n) is 1.55. The third-order valence-corrected chi connectivity index (χ3v) is 2.48. The molecule has 0 N–H and O–H groups in total. The first kappa shape index (κ1) is 12.1. The lowest BCUT2D eigenvalue weighted by Gasteiger charge is -1.92. The van der Waals surface area contributed by atoms with Gasteiger partial charge in [0, 0.05) is 0 Å². The quantitative estimate of drug-likeness (QED) is 0.692. The van der Waals surface area contributed by atoms with Gasteiger partial charge in [-0.15, -0.1) is 0 Å². The lowest BCUT2D eigenvalue weighted by atomic mass is 10.1. The summed E-state index contributed by atoms with van der Waals surface area (Å²) in [7, 11) is 0. The minimum Gasteiger partial charge on any atom is -0.206 e. The summed E-state index contributed by atoms with van der Waals surface area (Å²) in [4.78, 5) is 0. The molecule has 0 aliphatic rings. The first-order chi connectivity index (χ1) is 8.86. The maximum Gasteiger partial charge on any atom is 0.138 e. The molecule has 0 aliphatic carbocycles. The van der Waals surface area contributed by atoms with Crippen molar-refractivity contribution in [3.8, 4) is 11.8 Å². The first-order valence-electron chi connectivity index (χ1n) is 5.81. The van der Waals surface area contributed by atoms with Crippen LogP contribution in [0.2, 0.25) is 0 Å². The fourth-order valence-corrected chi connectivity index (χ4v) is 1.55. The summed E-state index contributed by atoms with van der Waals surface area (Å²) in [6.45, 7) is 0. The van der Waals surface area contributed by atoms with Gasteiger partial charge in [0.25, 0.3) is 0 Å². The van der Waals surface area contributed by atoms with Gasteiger partial charge in [-0.05, 0) is 30.2 Å². The molecule has 0 amide bonds. The molecule has 0 nitrogen and oxygen atoms in total. The van der Waals surface area contributed by atoms with E-state index in [4.69, 9.17) is 0 Å².